The molecule has 1 aromatic heterocycles. The van der Waals surface area contributed by atoms with Gasteiger partial charge < -0.3 is 14.9 Å². The van der Waals surface area contributed by atoms with Gasteiger partial charge in [-0.3, -0.25) is 0 Å². The Morgan fingerprint density at radius 1 is 1.24 bits per heavy atom. The number of nitrogens with two attached hydrogens (primary N) is 1. The van der Waals surface area contributed by atoms with Crippen molar-refractivity contribution in [3.63, 3.8) is 0 Å². The summed E-state index contributed by atoms with van der Waals surface area (Å²) in [6.45, 7) is 4.57. The number of aromatic nitrogens is 2. The lowest BCUT2D eigenvalue weighted by atomic mass is 10.1. The molecule has 0 unspecified atom stereocenters. The van der Waals surface area contributed by atoms with E-state index in [2.05, 4.69) is 10.2 Å². The van der Waals surface area contributed by atoms with Gasteiger partial charge in [0.1, 0.15) is 5.75 Å². The average Bonchev–Trinajstić information content (AvgIpc) is 2.79. The van der Waals surface area contributed by atoms with Crippen molar-refractivity contribution in [1.82, 2.24) is 10.2 Å². The standard InChI is InChI=1S/C12H15N3O2/c1-8-4-3-5-10(9(8)2)16-7-12-15-14-11(6-13)17-12/h3-5H,6-7,13H2,1-2H3. The van der Waals surface area contributed by atoms with Crippen molar-refractivity contribution in [1.29, 1.82) is 0 Å². The quantitative estimate of drug-likeness (QED) is 0.870. The lowest BCUT2D eigenvalue weighted by Crippen LogP contribution is -1.98. The van der Waals surface area contributed by atoms with Crippen molar-refractivity contribution in [2.45, 2.75) is 27.0 Å². The maximum atomic E-state index is 5.62. The van der Waals surface area contributed by atoms with Crippen LogP contribution >= 0.6 is 0 Å². The first-order chi connectivity index (χ1) is 8.20. The van der Waals surface area contributed by atoms with Gasteiger partial charge in [-0.2, -0.15) is 0 Å². The minimum absolute atomic E-state index is 0.247. The molecule has 5 heteroatoms. The predicted molar refractivity (Wildman–Crippen MR) is 62.4 cm³/mol. The van der Waals surface area contributed by atoms with E-state index in [0.29, 0.717) is 11.8 Å². The van der Waals surface area contributed by atoms with Crippen LogP contribution in [0.15, 0.2) is 22.6 Å². The molecule has 0 saturated carbocycles. The molecule has 90 valence electrons. The molecule has 0 fully saturated rings. The number of aryl methyl sites for hydroxylation is 1. The molecule has 2 rings (SSSR count). The minimum Gasteiger partial charge on any atom is -0.484 e. The van der Waals surface area contributed by atoms with E-state index in [0.717, 1.165) is 11.3 Å². The van der Waals surface area contributed by atoms with Crippen LogP contribution in [0.25, 0.3) is 0 Å². The highest BCUT2D eigenvalue weighted by molar-refractivity contribution is 5.38. The van der Waals surface area contributed by atoms with Gasteiger partial charge in [0, 0.05) is 0 Å². The molecule has 0 spiro atoms. The molecule has 2 N–H and O–H groups in total. The topological polar surface area (TPSA) is 74.2 Å². The fraction of sp³-hybridized carbons (Fsp3) is 0.333. The molecule has 0 aliphatic rings. The summed E-state index contributed by atoms with van der Waals surface area (Å²) in [5.74, 6) is 1.69. The Morgan fingerprint density at radius 2 is 2.00 bits per heavy atom. The van der Waals surface area contributed by atoms with Gasteiger partial charge in [0.25, 0.3) is 5.89 Å². The molecule has 2 aromatic rings. The van der Waals surface area contributed by atoms with E-state index in [1.165, 1.54) is 5.56 Å². The van der Waals surface area contributed by atoms with Gasteiger partial charge >= 0.3 is 0 Å². The molecule has 0 bridgehead atoms. The van der Waals surface area contributed by atoms with Gasteiger partial charge in [-0.15, -0.1) is 10.2 Å². The van der Waals surface area contributed by atoms with E-state index in [-0.39, 0.29) is 13.2 Å². The molecular weight excluding hydrogens is 218 g/mol. The first-order valence-electron chi connectivity index (χ1n) is 5.41. The fourth-order valence-corrected chi connectivity index (χ4v) is 1.45. The third-order valence-corrected chi connectivity index (χ3v) is 2.59. The van der Waals surface area contributed by atoms with Crippen molar-refractivity contribution in [2.75, 3.05) is 0 Å². The Morgan fingerprint density at radius 3 is 2.71 bits per heavy atom. The highest BCUT2D eigenvalue weighted by atomic mass is 16.5. The van der Waals surface area contributed by atoms with E-state index in [1.807, 2.05) is 32.0 Å². The first kappa shape index (κ1) is 11.6. The molecule has 5 nitrogen and oxygen atoms in total. The van der Waals surface area contributed by atoms with Gasteiger partial charge in [-0.1, -0.05) is 12.1 Å². The number of benzene rings is 1. The largest absolute Gasteiger partial charge is 0.484 e. The van der Waals surface area contributed by atoms with Gasteiger partial charge in [0.2, 0.25) is 5.89 Å². The molecule has 17 heavy (non-hydrogen) atoms. The highest BCUT2D eigenvalue weighted by Gasteiger charge is 2.07. The normalized spacial score (nSPS) is 10.5. The summed E-state index contributed by atoms with van der Waals surface area (Å²) in [5, 5.41) is 7.60. The maximum Gasteiger partial charge on any atom is 0.253 e. The Bertz CT molecular complexity index is 508. The van der Waals surface area contributed by atoms with E-state index >= 15 is 0 Å². The molecule has 1 aromatic carbocycles. The smallest absolute Gasteiger partial charge is 0.253 e. The van der Waals surface area contributed by atoms with Crippen LogP contribution in [0.2, 0.25) is 0 Å². The summed E-state index contributed by atoms with van der Waals surface area (Å²) < 4.78 is 10.9. The summed E-state index contributed by atoms with van der Waals surface area (Å²) in [6, 6.07) is 5.92. The zero-order chi connectivity index (χ0) is 12.3. The van der Waals surface area contributed by atoms with E-state index in [1.54, 1.807) is 0 Å². The van der Waals surface area contributed by atoms with Crippen molar-refractivity contribution in [3.05, 3.63) is 41.1 Å². The minimum atomic E-state index is 0.247. The number of hydrogen-bond donors (Lipinski definition) is 1. The van der Waals surface area contributed by atoms with E-state index < -0.39 is 0 Å². The Kier molecular flexibility index (Phi) is 3.39. The summed E-state index contributed by atoms with van der Waals surface area (Å²) >= 11 is 0. The van der Waals surface area contributed by atoms with Crippen molar-refractivity contribution in [2.24, 2.45) is 5.73 Å². The van der Waals surface area contributed by atoms with Gasteiger partial charge in [0.15, 0.2) is 6.61 Å². The second-order valence-electron chi connectivity index (χ2n) is 3.78. The molecule has 1 heterocycles. The van der Waals surface area contributed by atoms with Crippen LogP contribution in [-0.2, 0) is 13.2 Å². The summed E-state index contributed by atoms with van der Waals surface area (Å²) in [7, 11) is 0. The molecular formula is C12H15N3O2. The lowest BCUT2D eigenvalue weighted by Gasteiger charge is -2.08. The number of nitrogens with zero attached hydrogens (tertiary/aromatic N) is 2. The molecule has 0 atom stereocenters. The molecule has 0 aliphatic heterocycles. The third-order valence-electron chi connectivity index (χ3n) is 2.59. The van der Waals surface area contributed by atoms with Crippen LogP contribution < -0.4 is 10.5 Å². The van der Waals surface area contributed by atoms with Gasteiger partial charge in [-0.25, -0.2) is 0 Å². The SMILES string of the molecule is Cc1cccc(OCc2nnc(CN)o2)c1C. The van der Waals surface area contributed by atoms with E-state index in [4.69, 9.17) is 14.9 Å². The average molecular weight is 233 g/mol. The predicted octanol–water partition coefficient (Wildman–Crippen LogP) is 1.72. The van der Waals surface area contributed by atoms with Gasteiger partial charge in [0.05, 0.1) is 6.54 Å². The molecule has 0 aliphatic carbocycles. The Balaban J connectivity index is 2.04. The van der Waals surface area contributed by atoms with Crippen LogP contribution in [-0.4, -0.2) is 10.2 Å². The second kappa shape index (κ2) is 4.97. The monoisotopic (exact) mass is 233 g/mol. The van der Waals surface area contributed by atoms with Gasteiger partial charge in [-0.05, 0) is 31.0 Å². The van der Waals surface area contributed by atoms with Crippen LogP contribution in [0.4, 0.5) is 0 Å². The summed E-state index contributed by atoms with van der Waals surface area (Å²) in [4.78, 5) is 0. The van der Waals surface area contributed by atoms with Crippen molar-refractivity contribution < 1.29 is 9.15 Å². The zero-order valence-corrected chi connectivity index (χ0v) is 9.93. The van der Waals surface area contributed by atoms with Crippen LogP contribution in [0.1, 0.15) is 22.9 Å². The third kappa shape index (κ3) is 2.62. The maximum absolute atomic E-state index is 5.62. The molecule has 0 saturated heterocycles. The molecule has 0 radical (unpaired) electrons. The highest BCUT2D eigenvalue weighted by Crippen LogP contribution is 2.21. The molecule has 0 amide bonds. The van der Waals surface area contributed by atoms with Crippen LogP contribution in [0.3, 0.4) is 0 Å². The fourth-order valence-electron chi connectivity index (χ4n) is 1.45. The first-order valence-corrected chi connectivity index (χ1v) is 5.41. The lowest BCUT2D eigenvalue weighted by molar-refractivity contribution is 0.257. The Hall–Kier alpha value is -1.88. The second-order valence-corrected chi connectivity index (χ2v) is 3.78. The van der Waals surface area contributed by atoms with Crippen molar-refractivity contribution in [3.8, 4) is 5.75 Å². The summed E-state index contributed by atoms with van der Waals surface area (Å²) in [5.41, 5.74) is 7.68. The van der Waals surface area contributed by atoms with Crippen LogP contribution in [0, 0.1) is 13.8 Å². The van der Waals surface area contributed by atoms with Crippen LogP contribution in [0.5, 0.6) is 5.75 Å². The number of rotatable bonds is 4. The number of ether oxygens (including phenoxy) is 1. The van der Waals surface area contributed by atoms with Crippen molar-refractivity contribution >= 4 is 0 Å². The zero-order valence-electron chi connectivity index (χ0n) is 9.93. The number of hydrogen-bond acceptors (Lipinski definition) is 5. The Labute approximate surface area is 99.6 Å². The summed E-state index contributed by atoms with van der Waals surface area (Å²) in [6.07, 6.45) is 0. The van der Waals surface area contributed by atoms with E-state index in [9.17, 15) is 0 Å².